The molecule has 0 saturated heterocycles. The van der Waals surface area contributed by atoms with Crippen LogP contribution in [-0.2, 0) is 9.53 Å². The SMILES string of the molecule is COC(=O)c1ccc(N=Cc2cccc(OC)c2O[C@H](C)C(=O)O)c(C)c1. The van der Waals surface area contributed by atoms with Gasteiger partial charge in [0, 0.05) is 11.8 Å². The number of ether oxygens (including phenoxy) is 3. The van der Waals surface area contributed by atoms with Gasteiger partial charge >= 0.3 is 11.9 Å². The lowest BCUT2D eigenvalue weighted by atomic mass is 10.1. The van der Waals surface area contributed by atoms with Crippen LogP contribution < -0.4 is 9.47 Å². The standard InChI is InChI=1S/C20H21NO6/c1-12-10-14(20(24)26-4)8-9-16(12)21-11-15-6-5-7-17(25-3)18(15)27-13(2)19(22)23/h5-11,13H,1-4H3,(H,22,23)/t13-/m1/s1. The van der Waals surface area contributed by atoms with E-state index in [0.717, 1.165) is 5.56 Å². The number of nitrogens with zero attached hydrogens (tertiary/aromatic N) is 1. The van der Waals surface area contributed by atoms with Gasteiger partial charge in [-0.1, -0.05) is 6.07 Å². The van der Waals surface area contributed by atoms with Crippen LogP contribution in [-0.4, -0.2) is 43.6 Å². The van der Waals surface area contributed by atoms with Crippen molar-refractivity contribution in [3.8, 4) is 11.5 Å². The molecule has 0 aliphatic carbocycles. The van der Waals surface area contributed by atoms with E-state index in [-0.39, 0.29) is 0 Å². The summed E-state index contributed by atoms with van der Waals surface area (Å²) in [6.07, 6.45) is 0.515. The number of aliphatic carboxylic acids is 1. The van der Waals surface area contributed by atoms with Crippen molar-refractivity contribution in [2.24, 2.45) is 4.99 Å². The molecule has 0 spiro atoms. The molecule has 0 aliphatic rings. The molecule has 0 radical (unpaired) electrons. The monoisotopic (exact) mass is 371 g/mol. The molecule has 0 unspecified atom stereocenters. The summed E-state index contributed by atoms with van der Waals surface area (Å²) in [5.74, 6) is -0.801. The molecule has 0 bridgehead atoms. The van der Waals surface area contributed by atoms with Crippen LogP contribution in [0.5, 0.6) is 11.5 Å². The lowest BCUT2D eigenvalue weighted by Gasteiger charge is -2.15. The number of carboxylic acids is 1. The van der Waals surface area contributed by atoms with Gasteiger partial charge in [0.1, 0.15) is 0 Å². The molecule has 27 heavy (non-hydrogen) atoms. The Labute approximate surface area is 157 Å². The Hall–Kier alpha value is -3.35. The maximum atomic E-state index is 11.6. The first-order valence-corrected chi connectivity index (χ1v) is 8.16. The molecule has 7 heteroatoms. The number of para-hydroxylation sites is 1. The smallest absolute Gasteiger partial charge is 0.344 e. The number of hydrogen-bond acceptors (Lipinski definition) is 6. The molecule has 1 atom stereocenters. The molecule has 0 heterocycles. The fourth-order valence-electron chi connectivity index (χ4n) is 2.33. The van der Waals surface area contributed by atoms with Gasteiger partial charge in [-0.15, -0.1) is 0 Å². The van der Waals surface area contributed by atoms with Crippen molar-refractivity contribution in [3.63, 3.8) is 0 Å². The van der Waals surface area contributed by atoms with Gasteiger partial charge in [0.25, 0.3) is 0 Å². The molecule has 0 saturated carbocycles. The number of rotatable bonds is 7. The third-order valence-electron chi connectivity index (χ3n) is 3.83. The normalized spacial score (nSPS) is 11.9. The number of benzene rings is 2. The topological polar surface area (TPSA) is 94.4 Å². The first-order valence-electron chi connectivity index (χ1n) is 8.16. The van der Waals surface area contributed by atoms with E-state index in [0.29, 0.717) is 28.3 Å². The van der Waals surface area contributed by atoms with Crippen LogP contribution in [0.1, 0.15) is 28.4 Å². The fraction of sp³-hybridized carbons (Fsp3) is 0.250. The van der Waals surface area contributed by atoms with E-state index in [4.69, 9.17) is 19.3 Å². The van der Waals surface area contributed by atoms with Crippen LogP contribution in [0.25, 0.3) is 0 Å². The Kier molecular flexibility index (Phi) is 6.54. The third kappa shape index (κ3) is 4.84. The molecular weight excluding hydrogens is 350 g/mol. The Morgan fingerprint density at radius 2 is 1.93 bits per heavy atom. The minimum absolute atomic E-state index is 0.294. The number of hydrogen-bond donors (Lipinski definition) is 1. The second-order valence-electron chi connectivity index (χ2n) is 5.73. The summed E-state index contributed by atoms with van der Waals surface area (Å²) in [6, 6.07) is 10.2. The summed E-state index contributed by atoms with van der Waals surface area (Å²) in [7, 11) is 2.80. The predicted molar refractivity (Wildman–Crippen MR) is 100 cm³/mol. The number of carboxylic acid groups (broad SMARTS) is 1. The average molecular weight is 371 g/mol. The van der Waals surface area contributed by atoms with Gasteiger partial charge in [-0.2, -0.15) is 0 Å². The minimum atomic E-state index is -1.09. The largest absolute Gasteiger partial charge is 0.493 e. The van der Waals surface area contributed by atoms with Crippen LogP contribution in [0.4, 0.5) is 5.69 Å². The second kappa shape index (κ2) is 8.84. The van der Waals surface area contributed by atoms with Crippen LogP contribution in [0.2, 0.25) is 0 Å². The molecule has 0 aliphatic heterocycles. The number of aliphatic imine (C=N–C) groups is 1. The predicted octanol–water partition coefficient (Wildman–Crippen LogP) is 3.39. The maximum absolute atomic E-state index is 11.6. The zero-order chi connectivity index (χ0) is 20.0. The number of methoxy groups -OCH3 is 2. The van der Waals surface area contributed by atoms with E-state index in [2.05, 4.69) is 4.99 Å². The molecule has 0 fully saturated rings. The molecular formula is C20H21NO6. The van der Waals surface area contributed by atoms with E-state index in [9.17, 15) is 9.59 Å². The zero-order valence-corrected chi connectivity index (χ0v) is 15.6. The summed E-state index contributed by atoms with van der Waals surface area (Å²) in [5, 5.41) is 9.10. The third-order valence-corrected chi connectivity index (χ3v) is 3.83. The number of carbonyl (C=O) groups excluding carboxylic acids is 1. The van der Waals surface area contributed by atoms with Crippen LogP contribution >= 0.6 is 0 Å². The maximum Gasteiger partial charge on any atom is 0.344 e. The van der Waals surface area contributed by atoms with E-state index in [1.54, 1.807) is 42.6 Å². The molecule has 142 valence electrons. The summed E-state index contributed by atoms with van der Waals surface area (Å²) >= 11 is 0. The molecule has 0 amide bonds. The van der Waals surface area contributed by atoms with E-state index in [1.165, 1.54) is 21.1 Å². The van der Waals surface area contributed by atoms with Crippen molar-refractivity contribution in [2.75, 3.05) is 14.2 Å². The van der Waals surface area contributed by atoms with Gasteiger partial charge in [-0.3, -0.25) is 4.99 Å². The van der Waals surface area contributed by atoms with Crippen molar-refractivity contribution in [1.82, 2.24) is 0 Å². The van der Waals surface area contributed by atoms with Crippen LogP contribution in [0.15, 0.2) is 41.4 Å². The van der Waals surface area contributed by atoms with E-state index >= 15 is 0 Å². The van der Waals surface area contributed by atoms with Crippen molar-refractivity contribution in [2.45, 2.75) is 20.0 Å². The molecule has 0 aromatic heterocycles. The molecule has 7 nitrogen and oxygen atoms in total. The van der Waals surface area contributed by atoms with Gasteiger partial charge in [0.2, 0.25) is 0 Å². The number of carbonyl (C=O) groups is 2. The van der Waals surface area contributed by atoms with E-state index in [1.807, 2.05) is 6.92 Å². The first-order chi connectivity index (χ1) is 12.9. The summed E-state index contributed by atoms with van der Waals surface area (Å²) in [4.78, 5) is 27.1. The lowest BCUT2D eigenvalue weighted by Crippen LogP contribution is -2.23. The summed E-state index contributed by atoms with van der Waals surface area (Å²) < 4.78 is 15.5. The Bertz CT molecular complexity index is 875. The number of aryl methyl sites for hydroxylation is 1. The molecule has 2 aromatic carbocycles. The van der Waals surface area contributed by atoms with Crippen molar-refractivity contribution in [3.05, 3.63) is 53.1 Å². The highest BCUT2D eigenvalue weighted by Gasteiger charge is 2.18. The van der Waals surface area contributed by atoms with E-state index < -0.39 is 18.0 Å². The van der Waals surface area contributed by atoms with Gasteiger partial charge in [-0.25, -0.2) is 9.59 Å². The molecule has 2 aromatic rings. The van der Waals surface area contributed by atoms with Gasteiger partial charge < -0.3 is 19.3 Å². The number of esters is 1. The Morgan fingerprint density at radius 1 is 1.19 bits per heavy atom. The fourth-order valence-corrected chi connectivity index (χ4v) is 2.33. The lowest BCUT2D eigenvalue weighted by molar-refractivity contribution is -0.144. The second-order valence-corrected chi connectivity index (χ2v) is 5.73. The van der Waals surface area contributed by atoms with Gasteiger partial charge in [-0.05, 0) is 49.7 Å². The first kappa shape index (κ1) is 20.0. The summed E-state index contributed by atoms with van der Waals surface area (Å²) in [5.41, 5.74) is 2.45. The Morgan fingerprint density at radius 3 is 2.52 bits per heavy atom. The highest BCUT2D eigenvalue weighted by atomic mass is 16.5. The minimum Gasteiger partial charge on any atom is -0.493 e. The van der Waals surface area contributed by atoms with Crippen molar-refractivity contribution < 1.29 is 28.9 Å². The van der Waals surface area contributed by atoms with Gasteiger partial charge in [0.05, 0.1) is 25.5 Å². The van der Waals surface area contributed by atoms with Gasteiger partial charge in [0.15, 0.2) is 17.6 Å². The van der Waals surface area contributed by atoms with Crippen molar-refractivity contribution in [1.29, 1.82) is 0 Å². The molecule has 1 N–H and O–H groups in total. The molecule has 2 rings (SSSR count). The Balaban J connectivity index is 2.36. The van der Waals surface area contributed by atoms with Crippen molar-refractivity contribution >= 4 is 23.8 Å². The highest BCUT2D eigenvalue weighted by Crippen LogP contribution is 2.31. The summed E-state index contributed by atoms with van der Waals surface area (Å²) in [6.45, 7) is 3.26. The quantitative estimate of drug-likeness (QED) is 0.592. The average Bonchev–Trinajstić information content (AvgIpc) is 2.66. The van der Waals surface area contributed by atoms with Crippen LogP contribution in [0, 0.1) is 6.92 Å². The van der Waals surface area contributed by atoms with Crippen LogP contribution in [0.3, 0.4) is 0 Å². The highest BCUT2D eigenvalue weighted by molar-refractivity contribution is 5.91. The zero-order valence-electron chi connectivity index (χ0n) is 15.6.